The lowest BCUT2D eigenvalue weighted by Crippen LogP contribution is -2.03. The molecular formula is C18H16N2O3. The first-order valence-electron chi connectivity index (χ1n) is 7.24. The number of nitrogens with zero attached hydrogens (tertiary/aromatic N) is 2. The molecule has 1 aromatic heterocycles. The van der Waals surface area contributed by atoms with Crippen molar-refractivity contribution < 1.29 is 14.4 Å². The highest BCUT2D eigenvalue weighted by molar-refractivity contribution is 5.81. The third-order valence-electron chi connectivity index (χ3n) is 3.94. The van der Waals surface area contributed by atoms with Crippen LogP contribution < -0.4 is 4.74 Å². The van der Waals surface area contributed by atoms with Crippen LogP contribution in [-0.4, -0.2) is 17.4 Å². The minimum absolute atomic E-state index is 0.221. The highest BCUT2D eigenvalue weighted by atomic mass is 16.5. The lowest BCUT2D eigenvalue weighted by atomic mass is 9.93. The van der Waals surface area contributed by atoms with E-state index in [2.05, 4.69) is 11.2 Å². The Balaban J connectivity index is 1.96. The van der Waals surface area contributed by atoms with E-state index in [1.165, 1.54) is 0 Å². The topological polar surface area (TPSA) is 79.3 Å². The van der Waals surface area contributed by atoms with Gasteiger partial charge in [0.2, 0.25) is 0 Å². The van der Waals surface area contributed by atoms with E-state index in [1.54, 1.807) is 25.3 Å². The van der Waals surface area contributed by atoms with Gasteiger partial charge in [-0.3, -0.25) is 0 Å². The zero-order valence-corrected chi connectivity index (χ0v) is 12.9. The van der Waals surface area contributed by atoms with Crippen LogP contribution in [0.15, 0.2) is 40.9 Å². The number of aromatic nitrogens is 1. The molecule has 0 radical (unpaired) electrons. The van der Waals surface area contributed by atoms with E-state index in [4.69, 9.17) is 9.26 Å². The highest BCUT2D eigenvalue weighted by Gasteiger charge is 2.20. The average molecular weight is 308 g/mol. The SMILES string of the molecule is COc1ccc2c(C(C#N)Cc3ccc(O)cc3C)noc2c1. The molecule has 0 saturated carbocycles. The molecule has 0 aliphatic carbocycles. The van der Waals surface area contributed by atoms with E-state index in [0.29, 0.717) is 23.4 Å². The Morgan fingerprint density at radius 2 is 2.13 bits per heavy atom. The van der Waals surface area contributed by atoms with Gasteiger partial charge >= 0.3 is 0 Å². The lowest BCUT2D eigenvalue weighted by Gasteiger charge is -2.09. The molecule has 0 bridgehead atoms. The van der Waals surface area contributed by atoms with Crippen molar-refractivity contribution in [3.63, 3.8) is 0 Å². The first kappa shape index (κ1) is 14.9. The summed E-state index contributed by atoms with van der Waals surface area (Å²) in [6.45, 7) is 1.91. The normalized spacial score (nSPS) is 12.0. The first-order chi connectivity index (χ1) is 11.1. The molecule has 1 N–H and O–H groups in total. The van der Waals surface area contributed by atoms with Crippen LogP contribution in [0.3, 0.4) is 0 Å². The molecule has 23 heavy (non-hydrogen) atoms. The van der Waals surface area contributed by atoms with Crippen LogP contribution in [0, 0.1) is 18.3 Å². The summed E-state index contributed by atoms with van der Waals surface area (Å²) in [7, 11) is 1.59. The van der Waals surface area contributed by atoms with Crippen molar-refractivity contribution in [2.24, 2.45) is 0 Å². The molecule has 2 aromatic carbocycles. The molecule has 116 valence electrons. The molecule has 0 aliphatic heterocycles. The van der Waals surface area contributed by atoms with Gasteiger partial charge in [0.25, 0.3) is 0 Å². The fourth-order valence-electron chi connectivity index (χ4n) is 2.65. The van der Waals surface area contributed by atoms with Crippen molar-refractivity contribution in [3.05, 3.63) is 53.2 Å². The Labute approximate surface area is 133 Å². The third-order valence-corrected chi connectivity index (χ3v) is 3.94. The predicted octanol–water partition coefficient (Wildman–Crippen LogP) is 3.70. The van der Waals surface area contributed by atoms with Gasteiger partial charge in [0.15, 0.2) is 5.58 Å². The third kappa shape index (κ3) is 2.84. The van der Waals surface area contributed by atoms with Crippen LogP contribution in [0.25, 0.3) is 11.0 Å². The fourth-order valence-corrected chi connectivity index (χ4v) is 2.65. The Kier molecular flexibility index (Phi) is 3.90. The second kappa shape index (κ2) is 6.01. The standard InChI is InChI=1S/C18H16N2O3/c1-11-7-14(21)4-3-12(11)8-13(10-19)18-16-6-5-15(22-2)9-17(16)23-20-18/h3-7,9,13,21H,8H2,1-2H3. The van der Waals surface area contributed by atoms with E-state index < -0.39 is 5.92 Å². The highest BCUT2D eigenvalue weighted by Crippen LogP contribution is 2.30. The number of hydrogen-bond donors (Lipinski definition) is 1. The number of aromatic hydroxyl groups is 1. The summed E-state index contributed by atoms with van der Waals surface area (Å²) < 4.78 is 10.5. The largest absolute Gasteiger partial charge is 0.508 e. The summed E-state index contributed by atoms with van der Waals surface area (Å²) in [5.41, 5.74) is 3.17. The quantitative estimate of drug-likeness (QED) is 0.795. The van der Waals surface area contributed by atoms with Gasteiger partial charge in [-0.1, -0.05) is 11.2 Å². The Bertz CT molecular complexity index is 893. The fraction of sp³-hybridized carbons (Fsp3) is 0.222. The van der Waals surface area contributed by atoms with Crippen LogP contribution in [0.4, 0.5) is 0 Å². The maximum absolute atomic E-state index is 9.56. The minimum Gasteiger partial charge on any atom is -0.508 e. The van der Waals surface area contributed by atoms with Crippen molar-refractivity contribution in [3.8, 4) is 17.6 Å². The molecule has 0 aliphatic rings. The average Bonchev–Trinajstić information content (AvgIpc) is 2.97. The number of phenols is 1. The number of fused-ring (bicyclic) bond motifs is 1. The number of hydrogen-bond acceptors (Lipinski definition) is 5. The predicted molar refractivity (Wildman–Crippen MR) is 85.5 cm³/mol. The van der Waals surface area contributed by atoms with Crippen LogP contribution in [0.2, 0.25) is 0 Å². The van der Waals surface area contributed by atoms with Crippen molar-refractivity contribution in [1.29, 1.82) is 5.26 Å². The van der Waals surface area contributed by atoms with Gasteiger partial charge < -0.3 is 14.4 Å². The molecule has 0 saturated heterocycles. The van der Waals surface area contributed by atoms with Crippen molar-refractivity contribution in [2.75, 3.05) is 7.11 Å². The molecule has 1 heterocycles. The number of rotatable bonds is 4. The lowest BCUT2D eigenvalue weighted by molar-refractivity contribution is 0.411. The van der Waals surface area contributed by atoms with Crippen LogP contribution in [0.1, 0.15) is 22.7 Å². The summed E-state index contributed by atoms with van der Waals surface area (Å²) in [5, 5.41) is 24.0. The summed E-state index contributed by atoms with van der Waals surface area (Å²) in [5.74, 6) is 0.481. The molecule has 0 amide bonds. The monoisotopic (exact) mass is 308 g/mol. The minimum atomic E-state index is -0.423. The molecule has 1 unspecified atom stereocenters. The molecule has 5 nitrogen and oxygen atoms in total. The summed E-state index contributed by atoms with van der Waals surface area (Å²) in [6.07, 6.45) is 0.510. The van der Waals surface area contributed by atoms with Crippen molar-refractivity contribution >= 4 is 11.0 Å². The number of benzene rings is 2. The van der Waals surface area contributed by atoms with Crippen molar-refractivity contribution in [2.45, 2.75) is 19.3 Å². The van der Waals surface area contributed by atoms with Crippen LogP contribution in [-0.2, 0) is 6.42 Å². The van der Waals surface area contributed by atoms with Gasteiger partial charge in [-0.15, -0.1) is 0 Å². The van der Waals surface area contributed by atoms with Crippen LogP contribution >= 0.6 is 0 Å². The molecule has 3 rings (SSSR count). The number of phenolic OH excluding ortho intramolecular Hbond substituents is 1. The van der Waals surface area contributed by atoms with E-state index in [0.717, 1.165) is 16.5 Å². The second-order valence-electron chi connectivity index (χ2n) is 5.43. The number of methoxy groups -OCH3 is 1. The van der Waals surface area contributed by atoms with Gasteiger partial charge in [-0.2, -0.15) is 5.26 Å². The molecule has 3 aromatic rings. The molecule has 1 atom stereocenters. The van der Waals surface area contributed by atoms with E-state index >= 15 is 0 Å². The van der Waals surface area contributed by atoms with E-state index in [1.807, 2.05) is 25.1 Å². The zero-order chi connectivity index (χ0) is 16.4. The molecule has 0 spiro atoms. The summed E-state index contributed by atoms with van der Waals surface area (Å²) in [6, 6.07) is 12.9. The summed E-state index contributed by atoms with van der Waals surface area (Å²) >= 11 is 0. The van der Waals surface area contributed by atoms with Gasteiger partial charge in [0, 0.05) is 11.5 Å². The molecular weight excluding hydrogens is 292 g/mol. The Morgan fingerprint density at radius 3 is 2.83 bits per heavy atom. The number of nitriles is 1. The Hall–Kier alpha value is -3.00. The van der Waals surface area contributed by atoms with Gasteiger partial charge in [0.05, 0.1) is 19.1 Å². The smallest absolute Gasteiger partial charge is 0.170 e. The van der Waals surface area contributed by atoms with E-state index in [9.17, 15) is 10.4 Å². The Morgan fingerprint density at radius 1 is 1.30 bits per heavy atom. The number of ether oxygens (including phenoxy) is 1. The summed E-state index contributed by atoms with van der Waals surface area (Å²) in [4.78, 5) is 0. The first-order valence-corrected chi connectivity index (χ1v) is 7.24. The second-order valence-corrected chi connectivity index (χ2v) is 5.43. The maximum atomic E-state index is 9.56. The maximum Gasteiger partial charge on any atom is 0.170 e. The van der Waals surface area contributed by atoms with Crippen molar-refractivity contribution in [1.82, 2.24) is 5.16 Å². The zero-order valence-electron chi connectivity index (χ0n) is 12.9. The van der Waals surface area contributed by atoms with E-state index in [-0.39, 0.29) is 5.75 Å². The van der Waals surface area contributed by atoms with Gasteiger partial charge in [-0.05, 0) is 48.7 Å². The van der Waals surface area contributed by atoms with Gasteiger partial charge in [0.1, 0.15) is 17.2 Å². The van der Waals surface area contributed by atoms with Crippen LogP contribution in [0.5, 0.6) is 11.5 Å². The number of aryl methyl sites for hydroxylation is 1. The molecule has 0 fully saturated rings. The van der Waals surface area contributed by atoms with Gasteiger partial charge in [-0.25, -0.2) is 0 Å². The molecule has 5 heteroatoms.